The van der Waals surface area contributed by atoms with E-state index in [0.717, 1.165) is 11.3 Å². The molecule has 0 spiro atoms. The van der Waals surface area contributed by atoms with Gasteiger partial charge in [-0.25, -0.2) is 9.48 Å². The molecule has 0 atom stereocenters. The zero-order valence-electron chi connectivity index (χ0n) is 13.6. The molecule has 23 heavy (non-hydrogen) atoms. The Hall–Kier alpha value is -2.34. The second-order valence-corrected chi connectivity index (χ2v) is 5.59. The summed E-state index contributed by atoms with van der Waals surface area (Å²) in [5, 5.41) is 19.9. The summed E-state index contributed by atoms with van der Waals surface area (Å²) in [4.78, 5) is 11.9. The maximum atomic E-state index is 11.9. The Morgan fingerprint density at radius 3 is 2.70 bits per heavy atom. The molecule has 2 aromatic rings. The Balaban J connectivity index is 1.86. The van der Waals surface area contributed by atoms with Crippen molar-refractivity contribution < 1.29 is 9.90 Å². The summed E-state index contributed by atoms with van der Waals surface area (Å²) in [6.07, 6.45) is 4.81. The highest BCUT2D eigenvalue weighted by Crippen LogP contribution is 2.13. The van der Waals surface area contributed by atoms with Crippen LogP contribution in [-0.4, -0.2) is 33.1 Å². The molecular formula is C17H24N4O2. The van der Waals surface area contributed by atoms with E-state index in [4.69, 9.17) is 0 Å². The maximum absolute atomic E-state index is 11.9. The minimum absolute atomic E-state index is 0.249. The number of rotatable bonds is 7. The van der Waals surface area contributed by atoms with Gasteiger partial charge >= 0.3 is 6.03 Å². The zero-order chi connectivity index (χ0) is 16.7. The number of hydrogen-bond donors (Lipinski definition) is 3. The minimum atomic E-state index is -0.836. The van der Waals surface area contributed by atoms with E-state index >= 15 is 0 Å². The number of carbonyl (C=O) groups is 1. The first kappa shape index (κ1) is 17.0. The third-order valence-corrected chi connectivity index (χ3v) is 4.03. The van der Waals surface area contributed by atoms with Crippen LogP contribution in [0, 0.1) is 0 Å². The molecule has 0 aliphatic heterocycles. The van der Waals surface area contributed by atoms with Gasteiger partial charge in [0.25, 0.3) is 0 Å². The SMILES string of the molecule is CCC(O)(CC)CNC(=O)NCc1cccc(-n2cccn2)c1. The van der Waals surface area contributed by atoms with Crippen molar-refractivity contribution in [3.63, 3.8) is 0 Å². The Labute approximate surface area is 136 Å². The summed E-state index contributed by atoms with van der Waals surface area (Å²) in [5.74, 6) is 0. The normalized spacial score (nSPS) is 11.3. The van der Waals surface area contributed by atoms with Gasteiger partial charge in [-0.05, 0) is 36.6 Å². The lowest BCUT2D eigenvalue weighted by molar-refractivity contribution is 0.0349. The number of hydrogen-bond acceptors (Lipinski definition) is 3. The lowest BCUT2D eigenvalue weighted by Crippen LogP contribution is -2.45. The van der Waals surface area contributed by atoms with Crippen molar-refractivity contribution in [2.75, 3.05) is 6.54 Å². The molecule has 6 heteroatoms. The van der Waals surface area contributed by atoms with Crippen LogP contribution < -0.4 is 10.6 Å². The average Bonchev–Trinajstić information content (AvgIpc) is 3.13. The van der Waals surface area contributed by atoms with Crippen molar-refractivity contribution in [2.24, 2.45) is 0 Å². The van der Waals surface area contributed by atoms with Gasteiger partial charge in [-0.1, -0.05) is 26.0 Å². The summed E-state index contributed by atoms with van der Waals surface area (Å²) < 4.78 is 1.77. The molecule has 1 heterocycles. The van der Waals surface area contributed by atoms with E-state index in [9.17, 15) is 9.90 Å². The van der Waals surface area contributed by atoms with Crippen LogP contribution in [0.25, 0.3) is 5.69 Å². The highest BCUT2D eigenvalue weighted by atomic mass is 16.3. The summed E-state index contributed by atoms with van der Waals surface area (Å²) in [5.41, 5.74) is 1.09. The molecule has 0 unspecified atom stereocenters. The third-order valence-electron chi connectivity index (χ3n) is 4.03. The van der Waals surface area contributed by atoms with Crippen molar-refractivity contribution in [2.45, 2.75) is 38.8 Å². The predicted octanol–water partition coefficient (Wildman–Crippen LogP) is 2.22. The van der Waals surface area contributed by atoms with Crippen LogP contribution in [0.5, 0.6) is 0 Å². The van der Waals surface area contributed by atoms with Gasteiger partial charge in [0, 0.05) is 25.5 Å². The van der Waals surface area contributed by atoms with E-state index in [1.807, 2.05) is 50.4 Å². The summed E-state index contributed by atoms with van der Waals surface area (Å²) >= 11 is 0. The third kappa shape index (κ3) is 4.82. The fraction of sp³-hybridized carbons (Fsp3) is 0.412. The minimum Gasteiger partial charge on any atom is -0.388 e. The Morgan fingerprint density at radius 2 is 2.04 bits per heavy atom. The van der Waals surface area contributed by atoms with E-state index in [1.165, 1.54) is 0 Å². The lowest BCUT2D eigenvalue weighted by Gasteiger charge is -2.25. The highest BCUT2D eigenvalue weighted by Gasteiger charge is 2.22. The number of carbonyl (C=O) groups excluding carboxylic acids is 1. The molecule has 0 aliphatic rings. The fourth-order valence-electron chi connectivity index (χ4n) is 2.22. The van der Waals surface area contributed by atoms with Crippen molar-refractivity contribution in [3.8, 4) is 5.69 Å². The van der Waals surface area contributed by atoms with Gasteiger partial charge in [-0.3, -0.25) is 0 Å². The molecule has 1 aromatic carbocycles. The average molecular weight is 316 g/mol. The molecule has 0 fully saturated rings. The molecule has 2 amide bonds. The van der Waals surface area contributed by atoms with Gasteiger partial charge in [-0.15, -0.1) is 0 Å². The number of nitrogens with one attached hydrogen (secondary N) is 2. The van der Waals surface area contributed by atoms with Crippen LogP contribution in [-0.2, 0) is 6.54 Å². The van der Waals surface area contributed by atoms with E-state index < -0.39 is 5.60 Å². The number of urea groups is 1. The Bertz CT molecular complexity index is 621. The van der Waals surface area contributed by atoms with Gasteiger partial charge < -0.3 is 15.7 Å². The number of nitrogens with zero attached hydrogens (tertiary/aromatic N) is 2. The van der Waals surface area contributed by atoms with Gasteiger partial charge in [0.1, 0.15) is 0 Å². The molecule has 3 N–H and O–H groups in total. The predicted molar refractivity (Wildman–Crippen MR) is 89.3 cm³/mol. The Kier molecular flexibility index (Phi) is 5.76. The number of amides is 2. The number of aliphatic hydroxyl groups is 1. The molecule has 0 saturated heterocycles. The second kappa shape index (κ2) is 7.78. The van der Waals surface area contributed by atoms with Crippen LogP contribution in [0.4, 0.5) is 4.79 Å². The van der Waals surface area contributed by atoms with Gasteiger partial charge in [0.05, 0.1) is 11.3 Å². The molecule has 6 nitrogen and oxygen atoms in total. The molecule has 124 valence electrons. The van der Waals surface area contributed by atoms with E-state index in [-0.39, 0.29) is 12.6 Å². The van der Waals surface area contributed by atoms with Gasteiger partial charge in [0.15, 0.2) is 0 Å². The van der Waals surface area contributed by atoms with Crippen LogP contribution in [0.15, 0.2) is 42.7 Å². The standard InChI is InChI=1S/C17H24N4O2/c1-3-17(23,4-2)13-19-16(22)18-12-14-7-5-8-15(11-14)21-10-6-9-20-21/h5-11,23H,3-4,12-13H2,1-2H3,(H2,18,19,22). The van der Waals surface area contributed by atoms with Crippen molar-refractivity contribution >= 4 is 6.03 Å². The molecule has 0 bridgehead atoms. The summed E-state index contributed by atoms with van der Waals surface area (Å²) in [6, 6.07) is 9.39. The van der Waals surface area contributed by atoms with Crippen LogP contribution in [0.3, 0.4) is 0 Å². The number of aromatic nitrogens is 2. The van der Waals surface area contributed by atoms with E-state index in [1.54, 1.807) is 10.9 Å². The molecule has 2 rings (SSSR count). The smallest absolute Gasteiger partial charge is 0.315 e. The quantitative estimate of drug-likeness (QED) is 0.733. The Morgan fingerprint density at radius 1 is 1.26 bits per heavy atom. The molecule has 0 aliphatic carbocycles. The van der Waals surface area contributed by atoms with Gasteiger partial charge in [-0.2, -0.15) is 5.10 Å². The van der Waals surface area contributed by atoms with Crippen LogP contribution >= 0.6 is 0 Å². The topological polar surface area (TPSA) is 79.2 Å². The van der Waals surface area contributed by atoms with Crippen LogP contribution in [0.1, 0.15) is 32.3 Å². The summed E-state index contributed by atoms with van der Waals surface area (Å²) in [7, 11) is 0. The monoisotopic (exact) mass is 316 g/mol. The molecule has 1 aromatic heterocycles. The molecular weight excluding hydrogens is 292 g/mol. The summed E-state index contributed by atoms with van der Waals surface area (Å²) in [6.45, 7) is 4.48. The first-order chi connectivity index (χ1) is 11.1. The van der Waals surface area contributed by atoms with Crippen molar-refractivity contribution in [3.05, 3.63) is 48.3 Å². The second-order valence-electron chi connectivity index (χ2n) is 5.59. The van der Waals surface area contributed by atoms with Crippen molar-refractivity contribution in [1.29, 1.82) is 0 Å². The maximum Gasteiger partial charge on any atom is 0.315 e. The van der Waals surface area contributed by atoms with E-state index in [2.05, 4.69) is 15.7 Å². The highest BCUT2D eigenvalue weighted by molar-refractivity contribution is 5.73. The first-order valence-electron chi connectivity index (χ1n) is 7.89. The fourth-order valence-corrected chi connectivity index (χ4v) is 2.22. The van der Waals surface area contributed by atoms with Crippen LogP contribution in [0.2, 0.25) is 0 Å². The lowest BCUT2D eigenvalue weighted by atomic mass is 9.98. The molecule has 0 saturated carbocycles. The van der Waals surface area contributed by atoms with Crippen molar-refractivity contribution in [1.82, 2.24) is 20.4 Å². The largest absolute Gasteiger partial charge is 0.388 e. The zero-order valence-corrected chi connectivity index (χ0v) is 13.6. The van der Waals surface area contributed by atoms with E-state index in [0.29, 0.717) is 19.4 Å². The van der Waals surface area contributed by atoms with Gasteiger partial charge in [0.2, 0.25) is 0 Å². The number of benzene rings is 1. The first-order valence-corrected chi connectivity index (χ1v) is 7.89. The molecule has 0 radical (unpaired) electrons.